The minimum Gasteiger partial charge on any atom is -0.507 e. The number of benzene rings is 2. The van der Waals surface area contributed by atoms with Crippen molar-refractivity contribution in [1.29, 1.82) is 0 Å². The van der Waals surface area contributed by atoms with E-state index in [2.05, 4.69) is 20.9 Å². The number of halogens is 5. The second kappa shape index (κ2) is 9.63. The van der Waals surface area contributed by atoms with Crippen molar-refractivity contribution in [1.82, 2.24) is 4.57 Å². The molecule has 0 amide bonds. The number of hydrogen-bond acceptors (Lipinski definition) is 6. The molecule has 0 saturated carbocycles. The van der Waals surface area contributed by atoms with Gasteiger partial charge in [-0.15, -0.1) is 0 Å². The summed E-state index contributed by atoms with van der Waals surface area (Å²) in [6, 6.07) is 8.85. The zero-order valence-electron chi connectivity index (χ0n) is 17.8. The van der Waals surface area contributed by atoms with Crippen LogP contribution in [0.25, 0.3) is 6.08 Å². The summed E-state index contributed by atoms with van der Waals surface area (Å²) in [5.41, 5.74) is -2.43. The molecule has 35 heavy (non-hydrogen) atoms. The minimum absolute atomic E-state index is 0.0164. The van der Waals surface area contributed by atoms with Crippen molar-refractivity contribution in [3.05, 3.63) is 94.0 Å². The van der Waals surface area contributed by atoms with Crippen LogP contribution in [0.3, 0.4) is 0 Å². The predicted molar refractivity (Wildman–Crippen MR) is 128 cm³/mol. The third-order valence-electron chi connectivity index (χ3n) is 5.06. The Hall–Kier alpha value is -2.89. The van der Waals surface area contributed by atoms with Crippen molar-refractivity contribution in [2.75, 3.05) is 6.61 Å². The Bertz CT molecular complexity index is 1530. The summed E-state index contributed by atoms with van der Waals surface area (Å²) in [6.07, 6.45) is -3.64. The Balaban J connectivity index is 2.07. The van der Waals surface area contributed by atoms with Crippen LogP contribution >= 0.6 is 38.9 Å². The SMILES string of the molecule is CCOC(=O)C1=C(C(F)(F)F)N=c2s/c(=C\c3cc(Br)ccc3O)c(=O)n2[C@H]1c1ccc(Cl)cc1. The van der Waals surface area contributed by atoms with Crippen LogP contribution < -0.4 is 14.9 Å². The standard InChI is InChI=1S/C23H15BrClF3N2O4S/c1-2-34-21(33)17-18(11-3-6-14(25)7-4-11)30-20(32)16(10-12-9-13(24)5-8-15(12)31)35-22(30)29-19(17)23(26,27)28/h3-10,18,31H,2H2,1H3/b16-10-/t18-/m0/s1. The maximum absolute atomic E-state index is 14.1. The van der Waals surface area contributed by atoms with Crippen molar-refractivity contribution in [2.45, 2.75) is 19.1 Å². The first-order chi connectivity index (χ1) is 16.5. The van der Waals surface area contributed by atoms with Crippen molar-refractivity contribution in [3.8, 4) is 5.75 Å². The number of hydrogen-bond donors (Lipinski definition) is 1. The zero-order valence-corrected chi connectivity index (χ0v) is 20.9. The molecule has 2 heterocycles. The van der Waals surface area contributed by atoms with Gasteiger partial charge in [0, 0.05) is 15.1 Å². The lowest BCUT2D eigenvalue weighted by atomic mass is 9.95. The van der Waals surface area contributed by atoms with Gasteiger partial charge in [0.2, 0.25) is 0 Å². The first kappa shape index (κ1) is 25.2. The molecular formula is C23H15BrClF3N2O4S. The smallest absolute Gasteiger partial charge is 0.434 e. The molecule has 1 aliphatic heterocycles. The van der Waals surface area contributed by atoms with Crippen molar-refractivity contribution >= 4 is 50.9 Å². The number of phenolic OH excluding ortho intramolecular Hbond substituents is 1. The van der Waals surface area contributed by atoms with Gasteiger partial charge in [0.1, 0.15) is 5.75 Å². The van der Waals surface area contributed by atoms with E-state index in [-0.39, 0.29) is 32.8 Å². The Labute approximate surface area is 213 Å². The van der Waals surface area contributed by atoms with E-state index in [1.165, 1.54) is 43.3 Å². The van der Waals surface area contributed by atoms with Gasteiger partial charge in [-0.1, -0.05) is 51.0 Å². The molecule has 2 aromatic carbocycles. The van der Waals surface area contributed by atoms with Gasteiger partial charge in [-0.25, -0.2) is 9.79 Å². The Morgan fingerprint density at radius 2 is 1.97 bits per heavy atom. The number of nitrogens with zero attached hydrogens (tertiary/aromatic N) is 2. The molecule has 0 unspecified atom stereocenters. The number of aromatic nitrogens is 1. The molecule has 0 bridgehead atoms. The van der Waals surface area contributed by atoms with Crippen LogP contribution in [0.1, 0.15) is 24.1 Å². The third-order valence-corrected chi connectivity index (χ3v) is 6.79. The number of esters is 1. The molecule has 0 aliphatic carbocycles. The summed E-state index contributed by atoms with van der Waals surface area (Å²) in [7, 11) is 0. The summed E-state index contributed by atoms with van der Waals surface area (Å²) in [5, 5.41) is 10.5. The lowest BCUT2D eigenvalue weighted by Gasteiger charge is -2.26. The molecule has 3 aromatic rings. The highest BCUT2D eigenvalue weighted by atomic mass is 79.9. The number of fused-ring (bicyclic) bond motifs is 1. The van der Waals surface area contributed by atoms with Crippen LogP contribution in [0.2, 0.25) is 5.02 Å². The van der Waals surface area contributed by atoms with Gasteiger partial charge in [0.15, 0.2) is 10.5 Å². The number of phenols is 1. The van der Waals surface area contributed by atoms with Crippen LogP contribution in [-0.2, 0) is 9.53 Å². The number of thiazole rings is 1. The van der Waals surface area contributed by atoms with Gasteiger partial charge in [0.25, 0.3) is 5.56 Å². The number of ether oxygens (including phenoxy) is 1. The van der Waals surface area contributed by atoms with E-state index in [0.29, 0.717) is 20.8 Å². The molecule has 182 valence electrons. The van der Waals surface area contributed by atoms with Crippen LogP contribution in [0, 0.1) is 0 Å². The molecule has 0 radical (unpaired) electrons. The molecule has 0 spiro atoms. The van der Waals surface area contributed by atoms with Crippen LogP contribution in [0.4, 0.5) is 13.2 Å². The number of rotatable bonds is 4. The number of alkyl halides is 3. The maximum Gasteiger partial charge on any atom is 0.434 e. The van der Waals surface area contributed by atoms with Gasteiger partial charge in [0.05, 0.1) is 22.8 Å². The van der Waals surface area contributed by atoms with Crippen molar-refractivity contribution in [3.63, 3.8) is 0 Å². The largest absolute Gasteiger partial charge is 0.507 e. The third kappa shape index (κ3) is 4.93. The fourth-order valence-corrected chi connectivity index (χ4v) is 5.08. The van der Waals surface area contributed by atoms with E-state index in [4.69, 9.17) is 16.3 Å². The van der Waals surface area contributed by atoms with E-state index < -0.39 is 35.0 Å². The van der Waals surface area contributed by atoms with Gasteiger partial charge in [-0.2, -0.15) is 13.2 Å². The molecule has 4 rings (SSSR count). The highest BCUT2D eigenvalue weighted by Crippen LogP contribution is 2.38. The number of allylic oxidation sites excluding steroid dienone is 1. The molecular weight excluding hydrogens is 573 g/mol. The maximum atomic E-state index is 14.1. The Morgan fingerprint density at radius 3 is 2.60 bits per heavy atom. The molecule has 1 N–H and O–H groups in total. The summed E-state index contributed by atoms with van der Waals surface area (Å²) in [5.74, 6) is -1.36. The summed E-state index contributed by atoms with van der Waals surface area (Å²) >= 11 is 9.94. The molecule has 1 aliphatic rings. The van der Waals surface area contributed by atoms with Crippen molar-refractivity contribution in [2.24, 2.45) is 4.99 Å². The zero-order chi connectivity index (χ0) is 25.5. The molecule has 12 heteroatoms. The Morgan fingerprint density at radius 1 is 1.29 bits per heavy atom. The second-order valence-electron chi connectivity index (χ2n) is 7.32. The Kier molecular flexibility index (Phi) is 6.94. The lowest BCUT2D eigenvalue weighted by molar-refractivity contribution is -0.140. The van der Waals surface area contributed by atoms with E-state index in [1.807, 2.05) is 0 Å². The quantitative estimate of drug-likeness (QED) is 0.457. The fraction of sp³-hybridized carbons (Fsp3) is 0.174. The van der Waals surface area contributed by atoms with Gasteiger partial charge in [-0.05, 0) is 48.9 Å². The number of aromatic hydroxyl groups is 1. The molecule has 6 nitrogen and oxygen atoms in total. The molecule has 0 fully saturated rings. The molecule has 0 saturated heterocycles. The highest BCUT2D eigenvalue weighted by molar-refractivity contribution is 9.10. The van der Waals surface area contributed by atoms with E-state index >= 15 is 0 Å². The normalized spacial score (nSPS) is 16.2. The monoisotopic (exact) mass is 586 g/mol. The van der Waals surface area contributed by atoms with Crippen LogP contribution in [0.15, 0.2) is 68.0 Å². The second-order valence-corrected chi connectivity index (χ2v) is 9.68. The average Bonchev–Trinajstić information content (AvgIpc) is 3.10. The summed E-state index contributed by atoms with van der Waals surface area (Å²) in [4.78, 5) is 29.7. The van der Waals surface area contributed by atoms with Gasteiger partial charge < -0.3 is 9.84 Å². The number of carbonyl (C=O) groups is 1. The van der Waals surface area contributed by atoms with Crippen LogP contribution in [0.5, 0.6) is 5.75 Å². The molecule has 1 aromatic heterocycles. The average molecular weight is 588 g/mol. The van der Waals surface area contributed by atoms with Gasteiger partial charge in [-0.3, -0.25) is 9.36 Å². The summed E-state index contributed by atoms with van der Waals surface area (Å²) < 4.78 is 48.8. The molecule has 1 atom stereocenters. The van der Waals surface area contributed by atoms with Gasteiger partial charge >= 0.3 is 12.1 Å². The van der Waals surface area contributed by atoms with E-state index in [9.17, 15) is 27.9 Å². The van der Waals surface area contributed by atoms with E-state index in [0.717, 1.165) is 4.57 Å². The van der Waals surface area contributed by atoms with E-state index in [1.54, 1.807) is 12.1 Å². The number of carbonyl (C=O) groups excluding carboxylic acids is 1. The first-order valence-electron chi connectivity index (χ1n) is 10.1. The first-order valence-corrected chi connectivity index (χ1v) is 12.0. The topological polar surface area (TPSA) is 80.9 Å². The van der Waals surface area contributed by atoms with Crippen molar-refractivity contribution < 1.29 is 27.8 Å². The predicted octanol–water partition coefficient (Wildman–Crippen LogP) is 4.46. The lowest BCUT2D eigenvalue weighted by Crippen LogP contribution is -2.41. The minimum atomic E-state index is -5.00. The summed E-state index contributed by atoms with van der Waals surface area (Å²) in [6.45, 7) is 1.29. The van der Waals surface area contributed by atoms with Crippen LogP contribution in [-0.4, -0.2) is 28.4 Å². The fourth-order valence-electron chi connectivity index (χ4n) is 3.58. The highest BCUT2D eigenvalue weighted by Gasteiger charge is 2.45.